The lowest BCUT2D eigenvalue weighted by Crippen LogP contribution is -2.13. The van der Waals surface area contributed by atoms with Crippen molar-refractivity contribution < 1.29 is 14.6 Å². The van der Waals surface area contributed by atoms with Crippen LogP contribution < -0.4 is 0 Å². The molecule has 0 heterocycles. The first-order valence-electron chi connectivity index (χ1n) is 12.6. The molecule has 0 rings (SSSR count). The van der Waals surface area contributed by atoms with E-state index in [9.17, 15) is 9.90 Å². The van der Waals surface area contributed by atoms with Crippen molar-refractivity contribution in [2.75, 3.05) is 6.61 Å². The summed E-state index contributed by atoms with van der Waals surface area (Å²) < 4.78 is 5.45. The fourth-order valence-corrected chi connectivity index (χ4v) is 3.54. The van der Waals surface area contributed by atoms with Crippen molar-refractivity contribution in [3.8, 4) is 0 Å². The standard InChI is InChI=1S/C26H50O3/c1-4-7-9-16-20-25(27)21-17-14-12-10-11-13-15-18-22-26(28)29-23-24(6-3)19-8-5-2/h14,17,24-25,27H,4-13,15-16,18-23H2,1-3H3/b17-14-/t24?,25-/m1/s1. The van der Waals surface area contributed by atoms with Gasteiger partial charge in [-0.05, 0) is 44.4 Å². The van der Waals surface area contributed by atoms with Gasteiger partial charge >= 0.3 is 5.97 Å². The lowest BCUT2D eigenvalue weighted by atomic mass is 10.0. The molecule has 0 aliphatic carbocycles. The van der Waals surface area contributed by atoms with E-state index < -0.39 is 0 Å². The van der Waals surface area contributed by atoms with Crippen molar-refractivity contribution in [2.24, 2.45) is 5.92 Å². The van der Waals surface area contributed by atoms with E-state index in [4.69, 9.17) is 4.74 Å². The van der Waals surface area contributed by atoms with Crippen LogP contribution in [0.15, 0.2) is 12.2 Å². The average Bonchev–Trinajstić information content (AvgIpc) is 2.72. The maximum atomic E-state index is 11.8. The minimum absolute atomic E-state index is 0.0175. The van der Waals surface area contributed by atoms with Crippen molar-refractivity contribution >= 4 is 5.97 Å². The van der Waals surface area contributed by atoms with Gasteiger partial charge in [0.1, 0.15) is 0 Å². The van der Waals surface area contributed by atoms with Crippen LogP contribution in [0.4, 0.5) is 0 Å². The monoisotopic (exact) mass is 410 g/mol. The summed E-state index contributed by atoms with van der Waals surface area (Å²) in [6.45, 7) is 7.20. The summed E-state index contributed by atoms with van der Waals surface area (Å²) in [4.78, 5) is 11.8. The molecule has 1 unspecified atom stereocenters. The predicted octanol–water partition coefficient (Wildman–Crippen LogP) is 7.75. The van der Waals surface area contributed by atoms with Gasteiger partial charge in [-0.2, -0.15) is 0 Å². The summed E-state index contributed by atoms with van der Waals surface area (Å²) in [5, 5.41) is 9.92. The molecule has 1 N–H and O–H groups in total. The number of allylic oxidation sites excluding steroid dienone is 1. The number of ether oxygens (including phenoxy) is 1. The number of carbonyl (C=O) groups excluding carboxylic acids is 1. The molecule has 0 radical (unpaired) electrons. The van der Waals surface area contributed by atoms with Gasteiger partial charge in [-0.25, -0.2) is 0 Å². The topological polar surface area (TPSA) is 46.5 Å². The zero-order valence-corrected chi connectivity index (χ0v) is 19.8. The molecular formula is C26H50O3. The molecule has 0 saturated carbocycles. The van der Waals surface area contributed by atoms with Gasteiger partial charge in [-0.1, -0.05) is 97.1 Å². The summed E-state index contributed by atoms with van der Waals surface area (Å²) >= 11 is 0. The molecule has 0 bridgehead atoms. The Morgan fingerprint density at radius 2 is 1.52 bits per heavy atom. The first kappa shape index (κ1) is 28.2. The lowest BCUT2D eigenvalue weighted by molar-refractivity contribution is -0.145. The second-order valence-electron chi connectivity index (χ2n) is 8.62. The van der Waals surface area contributed by atoms with Crippen molar-refractivity contribution in [1.29, 1.82) is 0 Å². The number of unbranched alkanes of at least 4 members (excludes halogenated alkanes) is 9. The van der Waals surface area contributed by atoms with E-state index in [1.165, 1.54) is 57.8 Å². The number of aliphatic hydroxyl groups is 1. The summed E-state index contributed by atoms with van der Waals surface area (Å²) in [6, 6.07) is 0. The van der Waals surface area contributed by atoms with E-state index in [1.54, 1.807) is 0 Å². The molecule has 0 aromatic heterocycles. The third-order valence-electron chi connectivity index (χ3n) is 5.74. The van der Waals surface area contributed by atoms with E-state index in [-0.39, 0.29) is 12.1 Å². The summed E-state index contributed by atoms with van der Waals surface area (Å²) in [5.74, 6) is 0.519. The van der Waals surface area contributed by atoms with Crippen molar-refractivity contribution in [3.63, 3.8) is 0 Å². The highest BCUT2D eigenvalue weighted by atomic mass is 16.5. The first-order chi connectivity index (χ1) is 14.1. The number of hydrogen-bond donors (Lipinski definition) is 1. The number of esters is 1. The van der Waals surface area contributed by atoms with Crippen LogP contribution in [0.5, 0.6) is 0 Å². The Morgan fingerprint density at radius 1 is 0.828 bits per heavy atom. The molecule has 3 heteroatoms. The van der Waals surface area contributed by atoms with Gasteiger partial charge in [-0.15, -0.1) is 0 Å². The van der Waals surface area contributed by atoms with Crippen molar-refractivity contribution in [3.05, 3.63) is 12.2 Å². The molecule has 0 fully saturated rings. The fraction of sp³-hybridized carbons (Fsp3) is 0.885. The maximum absolute atomic E-state index is 11.8. The quantitative estimate of drug-likeness (QED) is 0.119. The lowest BCUT2D eigenvalue weighted by Gasteiger charge is -2.14. The molecule has 0 amide bonds. The molecule has 172 valence electrons. The van der Waals surface area contributed by atoms with E-state index in [1.807, 2.05) is 0 Å². The van der Waals surface area contributed by atoms with E-state index >= 15 is 0 Å². The third kappa shape index (κ3) is 20.2. The summed E-state index contributed by atoms with van der Waals surface area (Å²) in [5.41, 5.74) is 0. The van der Waals surface area contributed by atoms with Crippen LogP contribution in [0.2, 0.25) is 0 Å². The molecule has 0 aromatic rings. The molecule has 0 aliphatic heterocycles. The average molecular weight is 411 g/mol. The largest absolute Gasteiger partial charge is 0.465 e. The van der Waals surface area contributed by atoms with Crippen molar-refractivity contribution in [2.45, 2.75) is 136 Å². The van der Waals surface area contributed by atoms with Gasteiger partial charge in [0.05, 0.1) is 12.7 Å². The van der Waals surface area contributed by atoms with Crippen LogP contribution in [0.25, 0.3) is 0 Å². The Morgan fingerprint density at radius 3 is 2.24 bits per heavy atom. The molecule has 29 heavy (non-hydrogen) atoms. The minimum Gasteiger partial charge on any atom is -0.465 e. The van der Waals surface area contributed by atoms with Gasteiger partial charge in [0.25, 0.3) is 0 Å². The molecule has 0 saturated heterocycles. The Kier molecular flexibility index (Phi) is 21.2. The Balaban J connectivity index is 3.46. The smallest absolute Gasteiger partial charge is 0.305 e. The van der Waals surface area contributed by atoms with Crippen LogP contribution in [0.3, 0.4) is 0 Å². The highest BCUT2D eigenvalue weighted by Crippen LogP contribution is 2.14. The van der Waals surface area contributed by atoms with Crippen LogP contribution in [-0.2, 0) is 9.53 Å². The van der Waals surface area contributed by atoms with Crippen LogP contribution in [0, 0.1) is 5.92 Å². The molecule has 0 spiro atoms. The molecule has 2 atom stereocenters. The molecular weight excluding hydrogens is 360 g/mol. The van der Waals surface area contributed by atoms with Gasteiger partial charge in [-0.3, -0.25) is 4.79 Å². The van der Waals surface area contributed by atoms with Gasteiger partial charge < -0.3 is 9.84 Å². The zero-order chi connectivity index (χ0) is 21.6. The van der Waals surface area contributed by atoms with Gasteiger partial charge in [0, 0.05) is 6.42 Å². The summed E-state index contributed by atoms with van der Waals surface area (Å²) in [6.07, 6.45) is 22.9. The predicted molar refractivity (Wildman–Crippen MR) is 125 cm³/mol. The normalized spacial score (nSPS) is 13.7. The maximum Gasteiger partial charge on any atom is 0.305 e. The number of aliphatic hydroxyl groups excluding tert-OH is 1. The second kappa shape index (κ2) is 21.9. The van der Waals surface area contributed by atoms with E-state index in [0.29, 0.717) is 18.9 Å². The van der Waals surface area contributed by atoms with Gasteiger partial charge in [0.15, 0.2) is 0 Å². The summed E-state index contributed by atoms with van der Waals surface area (Å²) in [7, 11) is 0. The highest BCUT2D eigenvalue weighted by molar-refractivity contribution is 5.69. The Bertz CT molecular complexity index is 378. The number of rotatable bonds is 21. The van der Waals surface area contributed by atoms with Crippen LogP contribution >= 0.6 is 0 Å². The van der Waals surface area contributed by atoms with E-state index in [2.05, 4.69) is 32.9 Å². The molecule has 0 aliphatic rings. The Hall–Kier alpha value is -0.830. The van der Waals surface area contributed by atoms with Crippen LogP contribution in [-0.4, -0.2) is 23.8 Å². The first-order valence-corrected chi connectivity index (χ1v) is 12.6. The van der Waals surface area contributed by atoms with Crippen molar-refractivity contribution in [1.82, 2.24) is 0 Å². The highest BCUT2D eigenvalue weighted by Gasteiger charge is 2.09. The molecule has 0 aromatic carbocycles. The third-order valence-corrected chi connectivity index (χ3v) is 5.74. The Labute approximate surface area is 181 Å². The number of carbonyl (C=O) groups is 1. The second-order valence-corrected chi connectivity index (χ2v) is 8.62. The SMILES string of the molecule is CCCCCC[C@@H](O)C/C=C\CCCCCCCC(=O)OCC(CC)CCCC. The van der Waals surface area contributed by atoms with Crippen LogP contribution in [0.1, 0.15) is 130 Å². The van der Waals surface area contributed by atoms with Gasteiger partial charge in [0.2, 0.25) is 0 Å². The molecule has 3 nitrogen and oxygen atoms in total. The zero-order valence-electron chi connectivity index (χ0n) is 19.8. The van der Waals surface area contributed by atoms with E-state index in [0.717, 1.165) is 44.9 Å². The number of hydrogen-bond acceptors (Lipinski definition) is 3. The fourth-order valence-electron chi connectivity index (χ4n) is 3.54. The minimum atomic E-state index is -0.165.